The van der Waals surface area contributed by atoms with Gasteiger partial charge in [-0.3, -0.25) is 4.79 Å². The molecular formula is C19H32NO4+. The molecule has 2 aliphatic rings. The van der Waals surface area contributed by atoms with Gasteiger partial charge in [0.1, 0.15) is 12.0 Å². The van der Waals surface area contributed by atoms with Crippen molar-refractivity contribution in [3.8, 4) is 0 Å². The smallest absolute Gasteiger partial charge is 0.315 e. The van der Waals surface area contributed by atoms with E-state index in [1.807, 2.05) is 13.0 Å². The first-order valence-corrected chi connectivity index (χ1v) is 9.12. The number of aliphatic hydroxyl groups is 2. The van der Waals surface area contributed by atoms with Gasteiger partial charge in [0.25, 0.3) is 0 Å². The number of aliphatic hydroxyl groups excluding tert-OH is 2. The Bertz CT molecular complexity index is 498. The molecule has 1 fully saturated rings. The van der Waals surface area contributed by atoms with Crippen LogP contribution < -0.4 is 4.90 Å². The van der Waals surface area contributed by atoms with Crippen LogP contribution in [0.2, 0.25) is 0 Å². The maximum Gasteiger partial charge on any atom is 0.315 e. The lowest BCUT2D eigenvalue weighted by Gasteiger charge is -2.28. The van der Waals surface area contributed by atoms with Crippen LogP contribution >= 0.6 is 0 Å². The first-order valence-electron chi connectivity index (χ1n) is 9.12. The van der Waals surface area contributed by atoms with Gasteiger partial charge < -0.3 is 19.8 Å². The minimum Gasteiger partial charge on any atom is -0.461 e. The lowest BCUT2D eigenvalue weighted by atomic mass is 9.80. The van der Waals surface area contributed by atoms with E-state index in [0.29, 0.717) is 25.0 Å². The zero-order chi connectivity index (χ0) is 17.9. The number of carbonyl (C=O) groups is 1. The number of quaternary nitrogens is 1. The van der Waals surface area contributed by atoms with E-state index in [-0.39, 0.29) is 17.8 Å². The first kappa shape index (κ1) is 19.2. The van der Waals surface area contributed by atoms with Gasteiger partial charge in [-0.05, 0) is 39.2 Å². The van der Waals surface area contributed by atoms with Crippen molar-refractivity contribution in [2.45, 2.75) is 58.3 Å². The molecule has 0 unspecified atom stereocenters. The van der Waals surface area contributed by atoms with Gasteiger partial charge in [0.05, 0.1) is 31.8 Å². The third kappa shape index (κ3) is 4.26. The highest BCUT2D eigenvalue weighted by atomic mass is 16.6. The van der Waals surface area contributed by atoms with Gasteiger partial charge in [-0.25, -0.2) is 0 Å². The molecule has 1 aliphatic carbocycles. The van der Waals surface area contributed by atoms with Crippen LogP contribution in [0.1, 0.15) is 40.0 Å². The van der Waals surface area contributed by atoms with Crippen molar-refractivity contribution < 1.29 is 24.6 Å². The van der Waals surface area contributed by atoms with Crippen LogP contribution in [0.3, 0.4) is 0 Å². The van der Waals surface area contributed by atoms with Crippen molar-refractivity contribution in [1.82, 2.24) is 0 Å². The van der Waals surface area contributed by atoms with Crippen LogP contribution in [0.25, 0.3) is 0 Å². The molecule has 1 heterocycles. The molecule has 0 aromatic carbocycles. The van der Waals surface area contributed by atoms with Crippen molar-refractivity contribution in [3.63, 3.8) is 0 Å². The highest BCUT2D eigenvalue weighted by Gasteiger charge is 2.49. The standard InChI is InChI=1S/C19H31NO4/c1-5-20(6-2)11-14-18-16(22)9-12(3)7-8-15(21)13(4)10-17(18)24-19(14)23/h9,14-18,21-22H,4-8,10-11H2,1-3H3/p+1/b12-9+/t14-,15-,16+,17-,18+/m0/s1. The molecule has 24 heavy (non-hydrogen) atoms. The predicted octanol–water partition coefficient (Wildman–Crippen LogP) is 0.477. The molecule has 136 valence electrons. The Morgan fingerprint density at radius 3 is 2.62 bits per heavy atom. The number of ether oxygens (including phenoxy) is 1. The Kier molecular flexibility index (Phi) is 6.61. The van der Waals surface area contributed by atoms with E-state index in [4.69, 9.17) is 4.74 Å². The normalized spacial score (nSPS) is 36.9. The van der Waals surface area contributed by atoms with Gasteiger partial charge in [-0.15, -0.1) is 0 Å². The van der Waals surface area contributed by atoms with E-state index in [1.54, 1.807) is 0 Å². The largest absolute Gasteiger partial charge is 0.461 e. The third-order valence-electron chi connectivity index (χ3n) is 5.57. The number of hydrogen-bond acceptors (Lipinski definition) is 4. The Morgan fingerprint density at radius 2 is 2.00 bits per heavy atom. The molecule has 5 atom stereocenters. The number of rotatable bonds is 4. The second-order valence-corrected chi connectivity index (χ2v) is 7.24. The van der Waals surface area contributed by atoms with Crippen LogP contribution in [-0.4, -0.2) is 54.1 Å². The van der Waals surface area contributed by atoms with Crippen molar-refractivity contribution in [2.75, 3.05) is 19.6 Å². The number of carbonyl (C=O) groups excluding carboxylic acids is 1. The highest BCUT2D eigenvalue weighted by molar-refractivity contribution is 5.75. The molecule has 1 saturated heterocycles. The summed E-state index contributed by atoms with van der Waals surface area (Å²) < 4.78 is 5.61. The molecule has 0 aromatic rings. The molecule has 0 saturated carbocycles. The fourth-order valence-corrected chi connectivity index (χ4v) is 3.89. The molecular weight excluding hydrogens is 306 g/mol. The Labute approximate surface area is 145 Å². The lowest BCUT2D eigenvalue weighted by molar-refractivity contribution is -0.899. The number of hydrogen-bond donors (Lipinski definition) is 3. The summed E-state index contributed by atoms with van der Waals surface area (Å²) in [7, 11) is 0. The lowest BCUT2D eigenvalue weighted by Crippen LogP contribution is -3.12. The van der Waals surface area contributed by atoms with Gasteiger partial charge in [-0.2, -0.15) is 0 Å². The molecule has 0 spiro atoms. The first-order chi connectivity index (χ1) is 11.4. The second kappa shape index (κ2) is 8.28. The number of fused-ring (bicyclic) bond motifs is 1. The average molecular weight is 338 g/mol. The fraction of sp³-hybridized carbons (Fsp3) is 0.737. The minimum absolute atomic E-state index is 0.226. The molecule has 5 nitrogen and oxygen atoms in total. The Hall–Kier alpha value is -1.17. The summed E-state index contributed by atoms with van der Waals surface area (Å²) in [6.45, 7) is 12.7. The molecule has 1 aliphatic heterocycles. The average Bonchev–Trinajstić information content (AvgIpc) is 2.84. The van der Waals surface area contributed by atoms with Crippen molar-refractivity contribution in [3.05, 3.63) is 23.8 Å². The quantitative estimate of drug-likeness (QED) is 0.515. The molecule has 0 bridgehead atoms. The number of allylic oxidation sites excluding steroid dienone is 1. The van der Waals surface area contributed by atoms with Gasteiger partial charge in [0, 0.05) is 12.3 Å². The summed E-state index contributed by atoms with van der Waals surface area (Å²) in [5, 5.41) is 21.0. The zero-order valence-electron chi connectivity index (χ0n) is 15.1. The van der Waals surface area contributed by atoms with Crippen LogP contribution in [0, 0.1) is 11.8 Å². The van der Waals surface area contributed by atoms with Crippen LogP contribution in [0.4, 0.5) is 0 Å². The second-order valence-electron chi connectivity index (χ2n) is 7.24. The van der Waals surface area contributed by atoms with E-state index in [2.05, 4.69) is 20.4 Å². The predicted molar refractivity (Wildman–Crippen MR) is 92.5 cm³/mol. The molecule has 2 rings (SSSR count). The van der Waals surface area contributed by atoms with Gasteiger partial charge in [0.15, 0.2) is 0 Å². The fourth-order valence-electron chi connectivity index (χ4n) is 3.89. The molecule has 0 amide bonds. The van der Waals surface area contributed by atoms with Crippen LogP contribution in [-0.2, 0) is 9.53 Å². The summed E-state index contributed by atoms with van der Waals surface area (Å²) in [4.78, 5) is 13.8. The van der Waals surface area contributed by atoms with Crippen LogP contribution in [0.15, 0.2) is 23.8 Å². The maximum atomic E-state index is 12.5. The summed E-state index contributed by atoms with van der Waals surface area (Å²) in [5.41, 5.74) is 1.72. The number of esters is 1. The number of nitrogens with one attached hydrogen (secondary N) is 1. The van der Waals surface area contributed by atoms with E-state index < -0.39 is 18.3 Å². The van der Waals surface area contributed by atoms with E-state index in [9.17, 15) is 15.0 Å². The molecule has 5 heteroatoms. The monoisotopic (exact) mass is 338 g/mol. The van der Waals surface area contributed by atoms with E-state index in [1.165, 1.54) is 4.90 Å². The Balaban J connectivity index is 2.29. The highest BCUT2D eigenvalue weighted by Crippen LogP contribution is 2.36. The summed E-state index contributed by atoms with van der Waals surface area (Å²) in [6, 6.07) is 0. The topological polar surface area (TPSA) is 71.2 Å². The third-order valence-corrected chi connectivity index (χ3v) is 5.57. The maximum absolute atomic E-state index is 12.5. The van der Waals surface area contributed by atoms with Gasteiger partial charge >= 0.3 is 5.97 Å². The summed E-state index contributed by atoms with van der Waals surface area (Å²) in [5.74, 6) is -0.813. The summed E-state index contributed by atoms with van der Waals surface area (Å²) in [6.07, 6.45) is 1.87. The molecule has 0 radical (unpaired) electrons. The Morgan fingerprint density at radius 1 is 1.33 bits per heavy atom. The molecule has 3 N–H and O–H groups in total. The summed E-state index contributed by atoms with van der Waals surface area (Å²) >= 11 is 0. The zero-order valence-corrected chi connectivity index (χ0v) is 15.1. The van der Waals surface area contributed by atoms with Crippen molar-refractivity contribution in [1.29, 1.82) is 0 Å². The van der Waals surface area contributed by atoms with Gasteiger partial charge in [0.2, 0.25) is 0 Å². The van der Waals surface area contributed by atoms with E-state index >= 15 is 0 Å². The molecule has 0 aromatic heterocycles. The van der Waals surface area contributed by atoms with Crippen LogP contribution in [0.5, 0.6) is 0 Å². The SMILES string of the molecule is C=C1C[C@@H]2OC(=O)[C@@H](C[NH+](CC)CC)[C@@H]2[C@H](O)/C=C(\C)CC[C@@H]1O. The van der Waals surface area contributed by atoms with Crippen molar-refractivity contribution in [2.24, 2.45) is 11.8 Å². The van der Waals surface area contributed by atoms with E-state index in [0.717, 1.165) is 25.1 Å². The van der Waals surface area contributed by atoms with Gasteiger partial charge in [-0.1, -0.05) is 18.2 Å². The minimum atomic E-state index is -0.704. The van der Waals surface area contributed by atoms with Crippen molar-refractivity contribution >= 4 is 5.97 Å².